The summed E-state index contributed by atoms with van der Waals surface area (Å²) in [6, 6.07) is 32.2. The Hall–Kier alpha value is -7.69. The molecule has 24 nitrogen and oxygen atoms in total. The summed E-state index contributed by atoms with van der Waals surface area (Å²) in [4.78, 5) is 55.9. The highest BCUT2D eigenvalue weighted by Crippen LogP contribution is 2.47. The predicted octanol–water partition coefficient (Wildman–Crippen LogP) is 20.9. The number of carbonyl (C=O) groups is 2. The highest BCUT2D eigenvalue weighted by Gasteiger charge is 2.48. The van der Waals surface area contributed by atoms with Gasteiger partial charge in [0.1, 0.15) is 49.7 Å². The van der Waals surface area contributed by atoms with Crippen molar-refractivity contribution in [2.75, 3.05) is 103 Å². The first kappa shape index (κ1) is 94.6. The number of rotatable bonds is 33. The van der Waals surface area contributed by atoms with E-state index in [1.165, 1.54) is 0 Å². The van der Waals surface area contributed by atoms with E-state index in [2.05, 4.69) is 154 Å². The number of hydrogen-bond donors (Lipinski definition) is 0. The minimum absolute atomic E-state index is 0.0412. The number of nitrogens with zero attached hydrogens (tertiary/aromatic N) is 12. The number of allylic oxidation sites excluding steroid dienone is 1. The van der Waals surface area contributed by atoms with E-state index >= 15 is 0 Å². The van der Waals surface area contributed by atoms with Crippen LogP contribution in [0.1, 0.15) is 117 Å². The van der Waals surface area contributed by atoms with E-state index in [0.29, 0.717) is 110 Å². The molecule has 4 aliphatic rings. The van der Waals surface area contributed by atoms with Gasteiger partial charge >= 0.3 is 12.2 Å². The van der Waals surface area contributed by atoms with Crippen LogP contribution in [0.25, 0.3) is 61.8 Å². The molecule has 0 spiro atoms. The quantitative estimate of drug-likeness (QED) is 0.0161. The molecule has 29 heteroatoms. The fraction of sp³-hybridized carbons (Fsp3) is 0.560. The summed E-state index contributed by atoms with van der Waals surface area (Å²) in [5, 5.41) is 10.0. The number of piperidine rings is 2. The number of anilines is 2. The molecule has 0 saturated carbocycles. The highest BCUT2D eigenvalue weighted by molar-refractivity contribution is 9.10. The molecule has 4 bridgehead atoms. The molecule has 12 rings (SSSR count). The van der Waals surface area contributed by atoms with E-state index in [-0.39, 0.29) is 61.7 Å². The van der Waals surface area contributed by atoms with Crippen molar-refractivity contribution in [1.82, 2.24) is 49.0 Å². The Labute approximate surface area is 726 Å². The van der Waals surface area contributed by atoms with Crippen molar-refractivity contribution in [3.05, 3.63) is 150 Å². The standard InChI is InChI=1S/C45H66N6O6Si2.C41H59BrN6O5Si2.C5H10O/c1-12-56-32(2)40-41(35-24-36-28-55-29-37(25-35)50(36)44(52)57-45(3,4)5)48-42-38(34-18-19-39(46-26-34)33-16-14-13-15-17-33)27-47-51(42)43(40)49(30-53-20-22-58(6,7)8)31-54-21-23-59(9,10)11;1-41(2,3)53-40(49)47-32-21-31(22-33(47)26-52-25-32)37-36(42)39(46(27-50-17-19-54(4,5)6)28-51-18-20-55(7,8)9)48-38(45-37)34(24-44-48)30-15-16-35(43-23-30)29-13-11-10-12-14-29;1-4-6-5(2)3/h13-19,26-27,35-37H,2,12,20-25,28-31H2,1,3-11H3;10-16,23-24,31-33H,17-22,25-28H2,1-9H3;2,4H2,1,3H3. The van der Waals surface area contributed by atoms with Gasteiger partial charge in [-0.05, 0) is 140 Å². The maximum atomic E-state index is 13.7. The van der Waals surface area contributed by atoms with Gasteiger partial charge in [0.2, 0.25) is 0 Å². The monoisotopic (exact) mass is 1780 g/mol. The topological polar surface area (TPSA) is 226 Å². The highest BCUT2D eigenvalue weighted by atomic mass is 79.9. The first-order chi connectivity index (χ1) is 56.7. The Morgan fingerprint density at radius 2 is 0.833 bits per heavy atom. The second-order valence-corrected chi connectivity index (χ2v) is 62.1. The van der Waals surface area contributed by atoms with Gasteiger partial charge in [0.05, 0.1) is 115 Å². The number of morpholine rings is 2. The predicted molar refractivity (Wildman–Crippen MR) is 496 cm³/mol. The molecule has 2 amide bonds. The van der Waals surface area contributed by atoms with Gasteiger partial charge in [0.25, 0.3) is 0 Å². The number of ether oxygens (including phenoxy) is 10. The van der Waals surface area contributed by atoms with Crippen LogP contribution < -0.4 is 9.80 Å². The van der Waals surface area contributed by atoms with Crippen LogP contribution in [0.3, 0.4) is 0 Å². The SMILES string of the molecule is C=C(C)OCC.C=C(OCC)c1c(C2CC3COCC(C2)N3C(=O)OC(C)(C)C)nc2c(-c3ccc(-c4ccccc4)nc3)cnn2c1N(COCC[Si](C)(C)C)COCC[Si](C)(C)C.CC(C)(C)OC(=O)N1C2COCC1CC(c1nc3c(-c4ccc(-c5ccccc5)nc4)cnn3c(N(COCC[Si](C)(C)C)COCC[Si](C)(C)C)c1Br)C2. The molecule has 654 valence electrons. The molecule has 4 aliphatic heterocycles. The normalized spacial score (nSPS) is 18.3. The number of halogens is 1. The summed E-state index contributed by atoms with van der Waals surface area (Å²) in [5.41, 5.74) is 10.2. The van der Waals surface area contributed by atoms with Gasteiger partial charge in [-0.25, -0.2) is 19.6 Å². The molecule has 4 atom stereocenters. The molecule has 0 aliphatic carbocycles. The third-order valence-electron chi connectivity index (χ3n) is 21.1. The molecule has 4 unspecified atom stereocenters. The average molecular weight is 1780 g/mol. The van der Waals surface area contributed by atoms with E-state index in [1.54, 1.807) is 0 Å². The summed E-state index contributed by atoms with van der Waals surface area (Å²) in [6.45, 7) is 60.3. The third-order valence-corrected chi connectivity index (χ3v) is 28.7. The Balaban J connectivity index is 0.000000236. The van der Waals surface area contributed by atoms with E-state index in [0.717, 1.165) is 120 Å². The fourth-order valence-electron chi connectivity index (χ4n) is 15.0. The lowest BCUT2D eigenvalue weighted by Gasteiger charge is -2.48. The second-order valence-electron chi connectivity index (χ2n) is 38.8. The molecule has 0 N–H and O–H groups in total. The molecular formula is C91H135BrN12O12Si4. The van der Waals surface area contributed by atoms with Crippen LogP contribution in [0.15, 0.2) is 133 Å². The average Bonchev–Trinajstić information content (AvgIpc) is 1.43. The number of carbonyl (C=O) groups excluding carboxylic acids is 2. The molecule has 10 heterocycles. The van der Waals surface area contributed by atoms with Crippen molar-refractivity contribution in [3.8, 4) is 44.8 Å². The van der Waals surface area contributed by atoms with Gasteiger partial charge in [-0.3, -0.25) is 19.8 Å². The van der Waals surface area contributed by atoms with Crippen LogP contribution in [0.2, 0.25) is 103 Å². The van der Waals surface area contributed by atoms with Crippen LogP contribution in [0, 0.1) is 0 Å². The van der Waals surface area contributed by atoms with Crippen LogP contribution in [-0.4, -0.2) is 222 Å². The lowest BCUT2D eigenvalue weighted by molar-refractivity contribution is -0.0830. The lowest BCUT2D eigenvalue weighted by Crippen LogP contribution is -2.59. The van der Waals surface area contributed by atoms with Crippen molar-refractivity contribution >= 4 is 89.1 Å². The number of benzene rings is 2. The zero-order chi connectivity index (χ0) is 87.1. The smallest absolute Gasteiger partial charge is 0.410 e. The number of pyridine rings is 2. The lowest BCUT2D eigenvalue weighted by atomic mass is 9.81. The molecular weight excluding hydrogens is 1650 g/mol. The Morgan fingerprint density at radius 3 is 1.16 bits per heavy atom. The van der Waals surface area contributed by atoms with Gasteiger partial charge in [0.15, 0.2) is 17.1 Å². The summed E-state index contributed by atoms with van der Waals surface area (Å²) in [5.74, 6) is 2.85. The maximum Gasteiger partial charge on any atom is 0.410 e. The number of fused-ring (bicyclic) bond motifs is 6. The molecule has 8 aromatic rings. The van der Waals surface area contributed by atoms with Crippen LogP contribution in [0.4, 0.5) is 21.2 Å². The Morgan fingerprint density at radius 1 is 0.483 bits per heavy atom. The van der Waals surface area contributed by atoms with Gasteiger partial charge in [-0.1, -0.05) is 165 Å². The van der Waals surface area contributed by atoms with Crippen molar-refractivity contribution in [2.24, 2.45) is 0 Å². The molecule has 0 radical (unpaired) electrons. The van der Waals surface area contributed by atoms with Crippen molar-refractivity contribution in [2.45, 2.75) is 238 Å². The summed E-state index contributed by atoms with van der Waals surface area (Å²) in [7, 11) is -5.33. The van der Waals surface area contributed by atoms with E-state index < -0.39 is 43.5 Å². The van der Waals surface area contributed by atoms with Crippen LogP contribution >= 0.6 is 15.9 Å². The Kier molecular flexibility index (Phi) is 32.8. The zero-order valence-electron chi connectivity index (χ0n) is 75.5. The largest absolute Gasteiger partial charge is 0.499 e. The van der Waals surface area contributed by atoms with Crippen LogP contribution in [-0.2, 0) is 47.4 Å². The van der Waals surface area contributed by atoms with Crippen molar-refractivity contribution < 1.29 is 57.0 Å². The summed E-state index contributed by atoms with van der Waals surface area (Å²) >= 11 is 4.07. The van der Waals surface area contributed by atoms with Gasteiger partial charge in [0, 0.05) is 116 Å². The van der Waals surface area contributed by atoms with E-state index in [1.807, 2.05) is 154 Å². The second kappa shape index (κ2) is 41.7. The molecule has 4 saturated heterocycles. The molecule has 6 aromatic heterocycles. The number of amides is 2. The molecule has 2 aromatic carbocycles. The Bertz CT molecular complexity index is 4600. The molecule has 120 heavy (non-hydrogen) atoms. The minimum atomic E-state index is -1.36. The molecule has 4 fully saturated rings. The summed E-state index contributed by atoms with van der Waals surface area (Å²) in [6.07, 6.45) is 9.58. The number of aromatic nitrogens is 8. The van der Waals surface area contributed by atoms with Gasteiger partial charge in [-0.2, -0.15) is 19.2 Å². The van der Waals surface area contributed by atoms with E-state index in [4.69, 9.17) is 77.5 Å². The van der Waals surface area contributed by atoms with Gasteiger partial charge < -0.3 is 57.2 Å². The van der Waals surface area contributed by atoms with E-state index in [9.17, 15) is 9.59 Å². The van der Waals surface area contributed by atoms with Crippen LogP contribution in [0.5, 0.6) is 0 Å². The zero-order valence-corrected chi connectivity index (χ0v) is 81.1. The third kappa shape index (κ3) is 26.7. The summed E-state index contributed by atoms with van der Waals surface area (Å²) < 4.78 is 65.6. The maximum absolute atomic E-state index is 13.7. The fourth-order valence-corrected chi connectivity index (χ4v) is 18.8. The van der Waals surface area contributed by atoms with Crippen molar-refractivity contribution in [1.29, 1.82) is 0 Å². The number of hydrogen-bond acceptors (Lipinski definition) is 20. The first-order valence-corrected chi connectivity index (χ1v) is 58.4. The van der Waals surface area contributed by atoms with Crippen molar-refractivity contribution in [3.63, 3.8) is 0 Å². The minimum Gasteiger partial charge on any atom is -0.499 e. The first-order valence-electron chi connectivity index (χ1n) is 42.8. The van der Waals surface area contributed by atoms with Gasteiger partial charge in [-0.15, -0.1) is 0 Å².